The highest BCUT2D eigenvalue weighted by Crippen LogP contribution is 2.10. The van der Waals surface area contributed by atoms with Gasteiger partial charge in [0.25, 0.3) is 0 Å². The topological polar surface area (TPSA) is 194 Å². The van der Waals surface area contributed by atoms with E-state index in [-0.39, 0.29) is 18.8 Å². The van der Waals surface area contributed by atoms with Gasteiger partial charge in [0.1, 0.15) is 18.1 Å². The molecule has 0 aromatic heterocycles. The summed E-state index contributed by atoms with van der Waals surface area (Å²) in [5.41, 5.74) is 11.0. The van der Waals surface area contributed by atoms with Crippen LogP contribution in [0.3, 0.4) is 0 Å². The molecular weight excluding hydrogens is 426 g/mol. The number of carbonyl (C=O) groups is 5. The van der Waals surface area contributed by atoms with E-state index in [9.17, 15) is 24.0 Å². The van der Waals surface area contributed by atoms with Crippen LogP contribution in [0.1, 0.15) is 46.5 Å². The Morgan fingerprint density at radius 1 is 0.968 bits per heavy atom. The molecule has 0 aromatic rings. The van der Waals surface area contributed by atoms with Crippen LogP contribution in [0.25, 0.3) is 0 Å². The molecule has 8 N–H and O–H groups in total. The van der Waals surface area contributed by atoms with Gasteiger partial charge < -0.3 is 32.5 Å². The Kier molecular flexibility index (Phi) is 13.5. The van der Waals surface area contributed by atoms with E-state index in [4.69, 9.17) is 16.6 Å². The van der Waals surface area contributed by atoms with Gasteiger partial charge in [0, 0.05) is 6.42 Å². The Morgan fingerprint density at radius 2 is 1.58 bits per heavy atom. The van der Waals surface area contributed by atoms with E-state index < -0.39 is 53.8 Å². The number of nitrogens with one attached hydrogen (secondary N) is 3. The molecule has 31 heavy (non-hydrogen) atoms. The smallest absolute Gasteiger partial charge is 0.325 e. The van der Waals surface area contributed by atoms with Crippen molar-refractivity contribution in [1.29, 1.82) is 0 Å². The van der Waals surface area contributed by atoms with E-state index in [1.165, 1.54) is 6.92 Å². The van der Waals surface area contributed by atoms with E-state index in [1.807, 2.05) is 13.2 Å². The van der Waals surface area contributed by atoms with Gasteiger partial charge >= 0.3 is 5.97 Å². The molecule has 5 unspecified atom stereocenters. The zero-order chi connectivity index (χ0) is 24.1. The van der Waals surface area contributed by atoms with Crippen molar-refractivity contribution in [3.63, 3.8) is 0 Å². The van der Waals surface area contributed by atoms with Crippen LogP contribution in [-0.4, -0.2) is 70.9 Å². The molecule has 0 fully saturated rings. The van der Waals surface area contributed by atoms with Crippen molar-refractivity contribution in [3.8, 4) is 0 Å². The monoisotopic (exact) mass is 461 g/mol. The number of carbonyl (C=O) groups excluding carboxylic acids is 4. The number of carboxylic acids is 1. The quantitative estimate of drug-likeness (QED) is 0.177. The van der Waals surface area contributed by atoms with E-state index in [2.05, 4.69) is 16.0 Å². The summed E-state index contributed by atoms with van der Waals surface area (Å²) in [6.07, 6.45) is 2.58. The van der Waals surface area contributed by atoms with Crippen molar-refractivity contribution in [2.75, 3.05) is 12.0 Å². The maximum atomic E-state index is 12.9. The summed E-state index contributed by atoms with van der Waals surface area (Å²) in [5.74, 6) is -3.39. The summed E-state index contributed by atoms with van der Waals surface area (Å²) in [7, 11) is 0. The highest BCUT2D eigenvalue weighted by atomic mass is 32.2. The number of nitrogens with two attached hydrogens (primary N) is 2. The second kappa shape index (κ2) is 14.6. The molecule has 0 rings (SSSR count). The fourth-order valence-electron chi connectivity index (χ4n) is 2.53. The maximum Gasteiger partial charge on any atom is 0.325 e. The van der Waals surface area contributed by atoms with Crippen molar-refractivity contribution < 1.29 is 29.1 Å². The van der Waals surface area contributed by atoms with Crippen molar-refractivity contribution in [3.05, 3.63) is 0 Å². The standard InChI is InChI=1S/C19H35N5O6S/c1-5-10(2)15(24-16(26)12(20)8-9-31-4)18(28)23-13(6-7-14(21)25)17(27)22-11(3)19(29)30/h10-13,15H,5-9,20H2,1-4H3,(H2,21,25)(H,22,27)(H,23,28)(H,24,26)(H,29,30). The molecule has 178 valence electrons. The first-order valence-corrected chi connectivity index (χ1v) is 11.5. The summed E-state index contributed by atoms with van der Waals surface area (Å²) in [5, 5.41) is 16.4. The molecule has 12 heteroatoms. The van der Waals surface area contributed by atoms with E-state index in [0.717, 1.165) is 0 Å². The first kappa shape index (κ1) is 28.7. The molecule has 0 aliphatic heterocycles. The summed E-state index contributed by atoms with van der Waals surface area (Å²) in [6.45, 7) is 4.88. The van der Waals surface area contributed by atoms with Crippen LogP contribution in [0.15, 0.2) is 0 Å². The summed E-state index contributed by atoms with van der Waals surface area (Å²) in [4.78, 5) is 59.9. The van der Waals surface area contributed by atoms with Crippen LogP contribution in [0, 0.1) is 5.92 Å². The van der Waals surface area contributed by atoms with Crippen molar-refractivity contribution >= 4 is 41.4 Å². The highest BCUT2D eigenvalue weighted by Gasteiger charge is 2.31. The third-order valence-electron chi connectivity index (χ3n) is 4.80. The lowest BCUT2D eigenvalue weighted by atomic mass is 9.97. The van der Waals surface area contributed by atoms with Gasteiger partial charge in [-0.3, -0.25) is 24.0 Å². The third-order valence-corrected chi connectivity index (χ3v) is 5.45. The molecule has 0 saturated carbocycles. The summed E-state index contributed by atoms with van der Waals surface area (Å²) in [6, 6.07) is -4.13. The first-order chi connectivity index (χ1) is 14.4. The predicted molar refractivity (Wildman–Crippen MR) is 118 cm³/mol. The first-order valence-electron chi connectivity index (χ1n) is 10.1. The molecule has 0 spiro atoms. The van der Waals surface area contributed by atoms with Gasteiger partial charge in [-0.1, -0.05) is 20.3 Å². The van der Waals surface area contributed by atoms with E-state index in [1.54, 1.807) is 18.7 Å². The number of aliphatic carboxylic acids is 1. The zero-order valence-corrected chi connectivity index (χ0v) is 19.3. The van der Waals surface area contributed by atoms with Crippen molar-refractivity contribution in [1.82, 2.24) is 16.0 Å². The molecule has 0 radical (unpaired) electrons. The summed E-state index contributed by atoms with van der Waals surface area (Å²) >= 11 is 1.55. The number of hydrogen-bond acceptors (Lipinski definition) is 7. The van der Waals surface area contributed by atoms with Gasteiger partial charge in [0.2, 0.25) is 23.6 Å². The van der Waals surface area contributed by atoms with Crippen LogP contribution in [0.5, 0.6) is 0 Å². The average molecular weight is 462 g/mol. The Morgan fingerprint density at radius 3 is 2.06 bits per heavy atom. The maximum absolute atomic E-state index is 12.9. The minimum atomic E-state index is -1.25. The lowest BCUT2D eigenvalue weighted by Gasteiger charge is -2.27. The fraction of sp³-hybridized carbons (Fsp3) is 0.737. The van der Waals surface area contributed by atoms with Crippen LogP contribution >= 0.6 is 11.8 Å². The minimum Gasteiger partial charge on any atom is -0.480 e. The molecule has 0 aliphatic carbocycles. The number of amides is 4. The fourth-order valence-corrected chi connectivity index (χ4v) is 3.02. The normalized spacial score (nSPS) is 15.6. The lowest BCUT2D eigenvalue weighted by molar-refractivity contribution is -0.142. The van der Waals surface area contributed by atoms with E-state index >= 15 is 0 Å². The van der Waals surface area contributed by atoms with Crippen LogP contribution in [0.2, 0.25) is 0 Å². The second-order valence-electron chi connectivity index (χ2n) is 7.39. The van der Waals surface area contributed by atoms with E-state index in [0.29, 0.717) is 18.6 Å². The Balaban J connectivity index is 5.40. The number of rotatable bonds is 15. The van der Waals surface area contributed by atoms with Gasteiger partial charge in [0.15, 0.2) is 0 Å². The average Bonchev–Trinajstić information content (AvgIpc) is 2.71. The molecule has 5 atom stereocenters. The lowest BCUT2D eigenvalue weighted by Crippen LogP contribution is -2.58. The Hall–Kier alpha value is -2.34. The number of hydrogen-bond donors (Lipinski definition) is 6. The molecule has 11 nitrogen and oxygen atoms in total. The molecule has 0 heterocycles. The molecule has 4 amide bonds. The van der Waals surface area contributed by atoms with Gasteiger partial charge in [-0.2, -0.15) is 11.8 Å². The van der Waals surface area contributed by atoms with Crippen LogP contribution < -0.4 is 27.4 Å². The van der Waals surface area contributed by atoms with Gasteiger partial charge in [-0.05, 0) is 37.7 Å². The summed E-state index contributed by atoms with van der Waals surface area (Å²) < 4.78 is 0. The molecule has 0 saturated heterocycles. The number of primary amides is 1. The predicted octanol–water partition coefficient (Wildman–Crippen LogP) is -1.06. The van der Waals surface area contributed by atoms with Crippen LogP contribution in [-0.2, 0) is 24.0 Å². The van der Waals surface area contributed by atoms with Gasteiger partial charge in [-0.25, -0.2) is 0 Å². The third kappa shape index (κ3) is 11.0. The van der Waals surface area contributed by atoms with Gasteiger partial charge in [0.05, 0.1) is 6.04 Å². The molecular formula is C19H35N5O6S. The minimum absolute atomic E-state index is 0.117. The van der Waals surface area contributed by atoms with Gasteiger partial charge in [-0.15, -0.1) is 0 Å². The number of carboxylic acid groups (broad SMARTS) is 1. The molecule has 0 aromatic carbocycles. The highest BCUT2D eigenvalue weighted by molar-refractivity contribution is 7.98. The SMILES string of the molecule is CCC(C)C(NC(=O)C(N)CCSC)C(=O)NC(CCC(N)=O)C(=O)NC(C)C(=O)O. The Labute approximate surface area is 186 Å². The van der Waals surface area contributed by atoms with Crippen LogP contribution in [0.4, 0.5) is 0 Å². The second-order valence-corrected chi connectivity index (χ2v) is 8.38. The zero-order valence-electron chi connectivity index (χ0n) is 18.5. The molecule has 0 bridgehead atoms. The largest absolute Gasteiger partial charge is 0.480 e. The molecule has 0 aliphatic rings. The van der Waals surface area contributed by atoms with Crippen molar-refractivity contribution in [2.24, 2.45) is 17.4 Å². The van der Waals surface area contributed by atoms with Crippen molar-refractivity contribution in [2.45, 2.75) is 70.6 Å². The number of thioether (sulfide) groups is 1. The Bertz CT molecular complexity index is 647.